The molecule has 1 unspecified atom stereocenters. The van der Waals surface area contributed by atoms with E-state index in [4.69, 9.17) is 12.2 Å². The molecule has 1 aliphatic rings. The number of thiocarbonyl (C=S) groups is 1. The Labute approximate surface area is 132 Å². The molecule has 0 aromatic heterocycles. The van der Waals surface area contributed by atoms with E-state index in [1.54, 1.807) is 29.2 Å². The van der Waals surface area contributed by atoms with Gasteiger partial charge < -0.3 is 10.0 Å². The summed E-state index contributed by atoms with van der Waals surface area (Å²) in [5.41, 5.74) is 0.763. The Bertz CT molecular complexity index is 502. The number of hydrogen-bond acceptors (Lipinski definition) is 3. The summed E-state index contributed by atoms with van der Waals surface area (Å²) in [5.74, 6) is 0. The van der Waals surface area contributed by atoms with E-state index in [1.165, 1.54) is 6.08 Å². The fraction of sp³-hybridized carbons (Fsp3) is 0.400. The maximum Gasteiger partial charge on any atom is 0.329 e. The van der Waals surface area contributed by atoms with Gasteiger partial charge >= 0.3 is 5.25 Å². The van der Waals surface area contributed by atoms with Crippen molar-refractivity contribution >= 4 is 34.4 Å². The Morgan fingerprint density at radius 3 is 2.52 bits per heavy atom. The molecule has 114 valence electrons. The molecule has 1 aromatic rings. The van der Waals surface area contributed by atoms with Crippen LogP contribution in [-0.2, 0) is 0 Å². The molecule has 0 spiro atoms. The average Bonchev–Trinajstić information content (AvgIpc) is 2.99. The molecular weight excluding hydrogens is 312 g/mol. The van der Waals surface area contributed by atoms with Crippen LogP contribution in [0.2, 0.25) is 0 Å². The predicted octanol–water partition coefficient (Wildman–Crippen LogP) is 3.77. The molecule has 21 heavy (non-hydrogen) atoms. The number of benzene rings is 1. The van der Waals surface area contributed by atoms with Gasteiger partial charge in [0, 0.05) is 13.1 Å². The largest absolute Gasteiger partial charge is 0.382 e. The third-order valence-electron chi connectivity index (χ3n) is 3.20. The molecule has 1 N–H and O–H groups in total. The second-order valence-corrected chi connectivity index (χ2v) is 6.62. The van der Waals surface area contributed by atoms with Gasteiger partial charge in [-0.05, 0) is 36.2 Å². The number of thioether (sulfide) groups is 1. The van der Waals surface area contributed by atoms with Crippen LogP contribution in [0.3, 0.4) is 0 Å². The van der Waals surface area contributed by atoms with Crippen LogP contribution in [0.4, 0.5) is 8.78 Å². The lowest BCUT2D eigenvalue weighted by molar-refractivity contribution is -0.00583. The van der Waals surface area contributed by atoms with Crippen molar-refractivity contribution < 1.29 is 13.9 Å². The van der Waals surface area contributed by atoms with Gasteiger partial charge in [0.15, 0.2) is 0 Å². The summed E-state index contributed by atoms with van der Waals surface area (Å²) < 4.78 is 28.1. The van der Waals surface area contributed by atoms with E-state index >= 15 is 0 Å². The first-order valence-corrected chi connectivity index (χ1v) is 7.98. The zero-order valence-corrected chi connectivity index (χ0v) is 13.0. The van der Waals surface area contributed by atoms with E-state index in [9.17, 15) is 13.9 Å². The van der Waals surface area contributed by atoms with E-state index < -0.39 is 11.4 Å². The van der Waals surface area contributed by atoms with Crippen LogP contribution in [-0.4, -0.2) is 38.8 Å². The summed E-state index contributed by atoms with van der Waals surface area (Å²) in [7, 11) is 0. The van der Waals surface area contributed by atoms with Gasteiger partial charge in [0.25, 0.3) is 0 Å². The maximum atomic E-state index is 14.0. The number of halogens is 2. The van der Waals surface area contributed by atoms with E-state index in [-0.39, 0.29) is 16.1 Å². The second kappa shape index (κ2) is 7.33. The van der Waals surface area contributed by atoms with Gasteiger partial charge in [-0.1, -0.05) is 48.6 Å². The van der Waals surface area contributed by atoms with Crippen molar-refractivity contribution in [2.24, 2.45) is 0 Å². The average molecular weight is 329 g/mol. The molecule has 0 radical (unpaired) electrons. The van der Waals surface area contributed by atoms with Crippen LogP contribution < -0.4 is 0 Å². The van der Waals surface area contributed by atoms with E-state index in [2.05, 4.69) is 0 Å². The monoisotopic (exact) mass is 329 g/mol. The Balaban J connectivity index is 1.94. The smallest absolute Gasteiger partial charge is 0.329 e. The number of hydrogen-bond donors (Lipinski definition) is 1. The molecule has 1 aromatic carbocycles. The number of aliphatic hydroxyl groups excluding tert-OH is 1. The van der Waals surface area contributed by atoms with Gasteiger partial charge in [-0.3, -0.25) is 0 Å². The van der Waals surface area contributed by atoms with Gasteiger partial charge in [-0.15, -0.1) is 0 Å². The molecule has 6 heteroatoms. The molecule has 1 atom stereocenters. The fourth-order valence-electron chi connectivity index (χ4n) is 2.02. The van der Waals surface area contributed by atoms with Gasteiger partial charge in [0.1, 0.15) is 10.4 Å². The molecule has 1 aliphatic heterocycles. The molecule has 0 saturated carbocycles. The Kier molecular flexibility index (Phi) is 5.72. The number of alkyl halides is 2. The van der Waals surface area contributed by atoms with Gasteiger partial charge in [-0.25, -0.2) is 0 Å². The third kappa shape index (κ3) is 4.76. The molecule has 0 bridgehead atoms. The van der Waals surface area contributed by atoms with Gasteiger partial charge in [0.2, 0.25) is 0 Å². The lowest BCUT2D eigenvalue weighted by Crippen LogP contribution is -2.33. The van der Waals surface area contributed by atoms with E-state index in [0.717, 1.165) is 37.6 Å². The number of aliphatic hydroxyl groups is 1. The van der Waals surface area contributed by atoms with Crippen LogP contribution >= 0.6 is 24.0 Å². The Hall–Kier alpha value is -0.980. The normalized spacial score (nSPS) is 17.4. The predicted molar refractivity (Wildman–Crippen MR) is 87.4 cm³/mol. The van der Waals surface area contributed by atoms with Crippen molar-refractivity contribution in [3.05, 3.63) is 42.0 Å². The molecule has 0 aliphatic carbocycles. The Morgan fingerprint density at radius 2 is 1.90 bits per heavy atom. The standard InChI is InChI=1S/C15H17F2NOS2/c16-15(17,21-14(20)18-10-4-5-11-18)13(19)9-8-12-6-2-1-3-7-12/h1-3,6-9,13,19H,4-5,10-11H2/b9-8+. The molecule has 1 heterocycles. The lowest BCUT2D eigenvalue weighted by Gasteiger charge is -2.24. The van der Waals surface area contributed by atoms with E-state index in [0.29, 0.717) is 0 Å². The second-order valence-electron chi connectivity index (χ2n) is 4.84. The van der Waals surface area contributed by atoms with Gasteiger partial charge in [0.05, 0.1) is 0 Å². The molecular formula is C15H17F2NOS2. The highest BCUT2D eigenvalue weighted by Crippen LogP contribution is 2.36. The third-order valence-corrected chi connectivity index (χ3v) is 4.66. The molecule has 2 rings (SSSR count). The zero-order chi connectivity index (χ0) is 15.3. The van der Waals surface area contributed by atoms with Crippen LogP contribution in [0.1, 0.15) is 18.4 Å². The summed E-state index contributed by atoms with van der Waals surface area (Å²) in [5, 5.41) is 6.37. The van der Waals surface area contributed by atoms with Crippen molar-refractivity contribution in [2.75, 3.05) is 13.1 Å². The minimum absolute atomic E-state index is 0.157. The van der Waals surface area contributed by atoms with Crippen molar-refractivity contribution in [2.45, 2.75) is 24.2 Å². The lowest BCUT2D eigenvalue weighted by atomic mass is 10.2. The highest BCUT2D eigenvalue weighted by Gasteiger charge is 2.40. The van der Waals surface area contributed by atoms with Crippen molar-refractivity contribution in [1.82, 2.24) is 4.90 Å². The summed E-state index contributed by atoms with van der Waals surface area (Å²) in [6.07, 6.45) is 2.67. The summed E-state index contributed by atoms with van der Waals surface area (Å²) in [6.45, 7) is 1.44. The highest BCUT2D eigenvalue weighted by atomic mass is 32.2. The van der Waals surface area contributed by atoms with Crippen LogP contribution in [0.5, 0.6) is 0 Å². The quantitative estimate of drug-likeness (QED) is 0.850. The number of likely N-dealkylation sites (tertiary alicyclic amines) is 1. The zero-order valence-electron chi connectivity index (χ0n) is 11.4. The van der Waals surface area contributed by atoms with Crippen LogP contribution in [0.15, 0.2) is 36.4 Å². The SMILES string of the molecule is OC(/C=C/c1ccccc1)C(F)(F)SC(=S)N1CCCC1. The summed E-state index contributed by atoms with van der Waals surface area (Å²) >= 11 is 5.30. The summed E-state index contributed by atoms with van der Waals surface area (Å²) in [6, 6.07) is 9.02. The van der Waals surface area contributed by atoms with E-state index in [1.807, 2.05) is 6.07 Å². The molecule has 1 fully saturated rings. The topological polar surface area (TPSA) is 23.5 Å². The first-order valence-electron chi connectivity index (χ1n) is 6.76. The molecule has 2 nitrogen and oxygen atoms in total. The van der Waals surface area contributed by atoms with Crippen LogP contribution in [0.25, 0.3) is 6.08 Å². The fourth-order valence-corrected chi connectivity index (χ4v) is 3.28. The minimum atomic E-state index is -3.33. The van der Waals surface area contributed by atoms with Gasteiger partial charge in [-0.2, -0.15) is 8.78 Å². The molecule has 1 saturated heterocycles. The minimum Gasteiger partial charge on any atom is -0.382 e. The number of nitrogens with zero attached hydrogens (tertiary/aromatic N) is 1. The molecule has 0 amide bonds. The van der Waals surface area contributed by atoms with Crippen LogP contribution in [0, 0.1) is 0 Å². The van der Waals surface area contributed by atoms with Crippen molar-refractivity contribution in [1.29, 1.82) is 0 Å². The first-order chi connectivity index (χ1) is 9.99. The van der Waals surface area contributed by atoms with Crippen molar-refractivity contribution in [3.8, 4) is 0 Å². The van der Waals surface area contributed by atoms with Crippen molar-refractivity contribution in [3.63, 3.8) is 0 Å². The highest BCUT2D eigenvalue weighted by molar-refractivity contribution is 8.23. The Morgan fingerprint density at radius 1 is 1.29 bits per heavy atom. The first kappa shape index (κ1) is 16.4. The number of rotatable bonds is 4. The maximum absolute atomic E-state index is 14.0. The summed E-state index contributed by atoms with van der Waals surface area (Å²) in [4.78, 5) is 1.77.